The van der Waals surface area contributed by atoms with Gasteiger partial charge in [0.2, 0.25) is 0 Å². The first-order chi connectivity index (χ1) is 9.69. The predicted molar refractivity (Wildman–Crippen MR) is 80.9 cm³/mol. The van der Waals surface area contributed by atoms with Crippen LogP contribution in [0.3, 0.4) is 0 Å². The Morgan fingerprint density at radius 3 is 2.80 bits per heavy atom. The third-order valence-electron chi connectivity index (χ3n) is 4.12. The van der Waals surface area contributed by atoms with E-state index in [9.17, 15) is 0 Å². The van der Waals surface area contributed by atoms with E-state index in [1.165, 1.54) is 17.7 Å². The number of fused-ring (bicyclic) bond motifs is 1. The summed E-state index contributed by atoms with van der Waals surface area (Å²) >= 11 is 0. The molecule has 20 heavy (non-hydrogen) atoms. The lowest BCUT2D eigenvalue weighted by atomic mass is 9.85. The Hall–Kier alpha value is -1.00. The molecule has 0 spiro atoms. The van der Waals surface area contributed by atoms with E-state index < -0.39 is 0 Å². The highest BCUT2D eigenvalue weighted by atomic mass is 16.5. The molecule has 2 unspecified atom stereocenters. The minimum atomic E-state index is 0.0408. The van der Waals surface area contributed by atoms with Crippen LogP contribution in [0.2, 0.25) is 0 Å². The zero-order chi connectivity index (χ0) is 14.5. The number of nitrogens with zero attached hydrogens (tertiary/aromatic N) is 2. The fourth-order valence-corrected chi connectivity index (χ4v) is 3.07. The molecule has 0 saturated heterocycles. The van der Waals surface area contributed by atoms with E-state index in [0.29, 0.717) is 6.61 Å². The summed E-state index contributed by atoms with van der Waals surface area (Å²) in [5.74, 6) is 1.59. The van der Waals surface area contributed by atoms with Crippen molar-refractivity contribution in [3.05, 3.63) is 22.8 Å². The van der Waals surface area contributed by atoms with Gasteiger partial charge < -0.3 is 10.1 Å². The van der Waals surface area contributed by atoms with E-state index in [1.807, 2.05) is 14.0 Å². The summed E-state index contributed by atoms with van der Waals surface area (Å²) in [6.45, 7) is 8.06. The molecule has 0 amide bonds. The van der Waals surface area contributed by atoms with E-state index in [1.54, 1.807) is 0 Å². The highest BCUT2D eigenvalue weighted by molar-refractivity contribution is 5.28. The molecule has 0 aromatic carbocycles. The molecular weight excluding hydrogens is 250 g/mol. The topological polar surface area (TPSA) is 47.0 Å². The standard InChI is InChI=1S/C16H27N3O/c1-5-15(20-6-2)16-18-11(3)13-9-12(10-17-4)7-8-14(13)19-16/h12,15,17H,5-10H2,1-4H3. The molecule has 4 heteroatoms. The van der Waals surface area contributed by atoms with Crippen LogP contribution in [0.25, 0.3) is 0 Å². The Kier molecular flexibility index (Phi) is 5.49. The number of hydrogen-bond acceptors (Lipinski definition) is 4. The van der Waals surface area contributed by atoms with E-state index in [0.717, 1.165) is 43.2 Å². The van der Waals surface area contributed by atoms with Gasteiger partial charge in [-0.05, 0) is 64.6 Å². The molecule has 1 N–H and O–H groups in total. The predicted octanol–water partition coefficient (Wildman–Crippen LogP) is 2.60. The summed E-state index contributed by atoms with van der Waals surface area (Å²) in [4.78, 5) is 9.52. The number of aromatic nitrogens is 2. The Bertz CT molecular complexity index is 448. The molecule has 112 valence electrons. The molecule has 1 aliphatic carbocycles. The van der Waals surface area contributed by atoms with Crippen LogP contribution in [-0.2, 0) is 17.6 Å². The van der Waals surface area contributed by atoms with Crippen molar-refractivity contribution in [2.75, 3.05) is 20.2 Å². The average Bonchev–Trinajstić information content (AvgIpc) is 2.45. The lowest BCUT2D eigenvalue weighted by molar-refractivity contribution is 0.0531. The zero-order valence-electron chi connectivity index (χ0n) is 13.2. The van der Waals surface area contributed by atoms with Crippen molar-refractivity contribution in [1.29, 1.82) is 0 Å². The molecule has 0 saturated carbocycles. The van der Waals surface area contributed by atoms with Gasteiger partial charge in [-0.1, -0.05) is 6.92 Å². The monoisotopic (exact) mass is 277 g/mol. The second-order valence-electron chi connectivity index (χ2n) is 5.61. The summed E-state index contributed by atoms with van der Waals surface area (Å²) in [5.41, 5.74) is 3.76. The van der Waals surface area contributed by atoms with E-state index >= 15 is 0 Å². The van der Waals surface area contributed by atoms with Crippen LogP contribution in [0.5, 0.6) is 0 Å². The van der Waals surface area contributed by atoms with Gasteiger partial charge in [0.25, 0.3) is 0 Å². The maximum atomic E-state index is 5.75. The van der Waals surface area contributed by atoms with Gasteiger partial charge in [-0.15, -0.1) is 0 Å². The van der Waals surface area contributed by atoms with Crippen LogP contribution in [-0.4, -0.2) is 30.2 Å². The van der Waals surface area contributed by atoms with Gasteiger partial charge in [0, 0.05) is 18.0 Å². The van der Waals surface area contributed by atoms with Crippen LogP contribution >= 0.6 is 0 Å². The van der Waals surface area contributed by atoms with E-state index in [-0.39, 0.29) is 6.10 Å². The summed E-state index contributed by atoms with van der Waals surface area (Å²) < 4.78 is 5.75. The van der Waals surface area contributed by atoms with Gasteiger partial charge in [0.05, 0.1) is 0 Å². The van der Waals surface area contributed by atoms with Crippen molar-refractivity contribution >= 4 is 0 Å². The Morgan fingerprint density at radius 1 is 1.35 bits per heavy atom. The Balaban J connectivity index is 2.23. The maximum Gasteiger partial charge on any atom is 0.157 e. The Morgan fingerprint density at radius 2 is 2.15 bits per heavy atom. The highest BCUT2D eigenvalue weighted by Crippen LogP contribution is 2.28. The molecule has 0 bridgehead atoms. The molecule has 0 aliphatic heterocycles. The van der Waals surface area contributed by atoms with Gasteiger partial charge in [-0.2, -0.15) is 0 Å². The third-order valence-corrected chi connectivity index (χ3v) is 4.12. The minimum absolute atomic E-state index is 0.0408. The lowest BCUT2D eigenvalue weighted by Crippen LogP contribution is -2.27. The summed E-state index contributed by atoms with van der Waals surface area (Å²) in [7, 11) is 2.02. The fourth-order valence-electron chi connectivity index (χ4n) is 3.07. The molecule has 0 radical (unpaired) electrons. The van der Waals surface area contributed by atoms with E-state index in [4.69, 9.17) is 14.7 Å². The quantitative estimate of drug-likeness (QED) is 0.868. The molecule has 0 fully saturated rings. The molecule has 1 aromatic rings. The highest BCUT2D eigenvalue weighted by Gasteiger charge is 2.24. The van der Waals surface area contributed by atoms with Crippen molar-refractivity contribution in [2.24, 2.45) is 5.92 Å². The van der Waals surface area contributed by atoms with Gasteiger partial charge >= 0.3 is 0 Å². The van der Waals surface area contributed by atoms with Crippen LogP contribution < -0.4 is 5.32 Å². The zero-order valence-corrected chi connectivity index (χ0v) is 13.2. The molecule has 1 heterocycles. The maximum absolute atomic E-state index is 5.75. The van der Waals surface area contributed by atoms with Gasteiger partial charge in [0.1, 0.15) is 6.10 Å². The second-order valence-corrected chi connectivity index (χ2v) is 5.61. The lowest BCUT2D eigenvalue weighted by Gasteiger charge is -2.26. The Labute approximate surface area is 122 Å². The van der Waals surface area contributed by atoms with Crippen molar-refractivity contribution in [1.82, 2.24) is 15.3 Å². The first kappa shape index (κ1) is 15.4. The normalized spacial score (nSPS) is 19.7. The smallest absolute Gasteiger partial charge is 0.157 e. The molecule has 1 aliphatic rings. The minimum Gasteiger partial charge on any atom is -0.371 e. The summed E-state index contributed by atoms with van der Waals surface area (Å²) in [6, 6.07) is 0. The fraction of sp³-hybridized carbons (Fsp3) is 0.750. The molecule has 1 aromatic heterocycles. The first-order valence-corrected chi connectivity index (χ1v) is 7.82. The van der Waals surface area contributed by atoms with Crippen LogP contribution in [0.15, 0.2) is 0 Å². The number of nitrogens with one attached hydrogen (secondary N) is 1. The number of aryl methyl sites for hydroxylation is 2. The van der Waals surface area contributed by atoms with Crippen molar-refractivity contribution in [3.8, 4) is 0 Å². The largest absolute Gasteiger partial charge is 0.371 e. The number of rotatable bonds is 6. The van der Waals surface area contributed by atoms with Crippen LogP contribution in [0.4, 0.5) is 0 Å². The van der Waals surface area contributed by atoms with Gasteiger partial charge in [0.15, 0.2) is 5.82 Å². The van der Waals surface area contributed by atoms with Crippen molar-refractivity contribution in [3.63, 3.8) is 0 Å². The molecule has 4 nitrogen and oxygen atoms in total. The number of hydrogen-bond donors (Lipinski definition) is 1. The van der Waals surface area contributed by atoms with Crippen LogP contribution in [0, 0.1) is 12.8 Å². The molecular formula is C16H27N3O. The summed E-state index contributed by atoms with van der Waals surface area (Å²) in [5, 5.41) is 3.28. The summed E-state index contributed by atoms with van der Waals surface area (Å²) in [6.07, 6.45) is 4.36. The number of ether oxygens (including phenoxy) is 1. The SMILES string of the molecule is CCOC(CC)c1nc(C)c2c(n1)CCC(CNC)C2. The van der Waals surface area contributed by atoms with Crippen molar-refractivity contribution < 1.29 is 4.74 Å². The molecule has 2 atom stereocenters. The van der Waals surface area contributed by atoms with Gasteiger partial charge in [-0.3, -0.25) is 0 Å². The average molecular weight is 277 g/mol. The first-order valence-electron chi connectivity index (χ1n) is 7.82. The van der Waals surface area contributed by atoms with Gasteiger partial charge in [-0.25, -0.2) is 9.97 Å². The van der Waals surface area contributed by atoms with Crippen molar-refractivity contribution in [2.45, 2.75) is 52.6 Å². The third kappa shape index (κ3) is 3.36. The molecule has 2 rings (SSSR count). The second kappa shape index (κ2) is 7.14. The van der Waals surface area contributed by atoms with E-state index in [2.05, 4.69) is 19.2 Å². The van der Waals surface area contributed by atoms with Crippen LogP contribution in [0.1, 0.15) is 55.6 Å².